The number of hydrogen-bond donors (Lipinski definition) is 2. The van der Waals surface area contributed by atoms with Crippen LogP contribution in [0, 0.1) is 0 Å². The Balaban J connectivity index is 1.72. The summed E-state index contributed by atoms with van der Waals surface area (Å²) in [6.45, 7) is 5.99. The fourth-order valence-electron chi connectivity index (χ4n) is 4.18. The first-order chi connectivity index (χ1) is 14.8. The van der Waals surface area contributed by atoms with E-state index in [4.69, 9.17) is 4.74 Å². The Morgan fingerprint density at radius 1 is 1.03 bits per heavy atom. The third-order valence-electron chi connectivity index (χ3n) is 5.47. The second-order valence-corrected chi connectivity index (χ2v) is 10.5. The van der Waals surface area contributed by atoms with Crippen LogP contribution < -0.4 is 19.7 Å². The molecule has 0 aromatic heterocycles. The fourth-order valence-corrected chi connectivity index (χ4v) is 5.93. The lowest BCUT2D eigenvalue weighted by Gasteiger charge is -2.38. The van der Waals surface area contributed by atoms with Crippen molar-refractivity contribution in [1.29, 1.82) is 0 Å². The van der Waals surface area contributed by atoms with Crippen LogP contribution in [0.3, 0.4) is 0 Å². The number of nitrogens with one attached hydrogen (secondary N) is 2. The lowest BCUT2D eigenvalue weighted by Crippen LogP contribution is -2.54. The summed E-state index contributed by atoms with van der Waals surface area (Å²) in [5.74, 6) is 0.477. The van der Waals surface area contributed by atoms with Gasteiger partial charge in [0, 0.05) is 40.7 Å². The van der Waals surface area contributed by atoms with Crippen molar-refractivity contribution < 1.29 is 13.2 Å². The van der Waals surface area contributed by atoms with Crippen molar-refractivity contribution in [3.8, 4) is 5.75 Å². The number of methoxy groups -OCH3 is 1. The highest BCUT2D eigenvalue weighted by Crippen LogP contribution is 2.35. The summed E-state index contributed by atoms with van der Waals surface area (Å²) in [5.41, 5.74) is 1.38. The first-order valence-electron chi connectivity index (χ1n) is 10.2. The average molecular weight is 504 g/mol. The van der Waals surface area contributed by atoms with Gasteiger partial charge in [-0.1, -0.05) is 40.2 Å². The molecule has 2 atom stereocenters. The molecular weight excluding hydrogens is 478 g/mol. The third-order valence-corrected chi connectivity index (χ3v) is 7.59. The normalized spacial score (nSPS) is 19.4. The molecule has 4 rings (SSSR count). The zero-order valence-corrected chi connectivity index (χ0v) is 20.1. The minimum absolute atomic E-state index is 0.225. The number of rotatable bonds is 5. The molecule has 1 aliphatic heterocycles. The van der Waals surface area contributed by atoms with Crippen LogP contribution in [-0.4, -0.2) is 40.7 Å². The summed E-state index contributed by atoms with van der Waals surface area (Å²) in [4.78, 5) is 2.49. The Labute approximate surface area is 191 Å². The van der Waals surface area contributed by atoms with E-state index in [2.05, 4.69) is 44.7 Å². The van der Waals surface area contributed by atoms with E-state index >= 15 is 0 Å². The smallest absolute Gasteiger partial charge is 0.262 e. The molecule has 1 saturated heterocycles. The van der Waals surface area contributed by atoms with E-state index in [9.17, 15) is 8.42 Å². The molecule has 0 radical (unpaired) electrons. The summed E-state index contributed by atoms with van der Waals surface area (Å²) in [7, 11) is -2.30. The van der Waals surface area contributed by atoms with E-state index in [0.717, 1.165) is 28.6 Å². The van der Waals surface area contributed by atoms with Gasteiger partial charge in [0.1, 0.15) is 5.75 Å². The molecule has 0 saturated carbocycles. The predicted molar refractivity (Wildman–Crippen MR) is 130 cm³/mol. The van der Waals surface area contributed by atoms with E-state index < -0.39 is 10.0 Å². The van der Waals surface area contributed by atoms with Crippen molar-refractivity contribution in [3.63, 3.8) is 0 Å². The Bertz CT molecular complexity index is 1210. The van der Waals surface area contributed by atoms with Crippen molar-refractivity contribution in [3.05, 3.63) is 59.1 Å². The minimum atomic E-state index is -3.84. The zero-order valence-electron chi connectivity index (χ0n) is 17.7. The van der Waals surface area contributed by atoms with Crippen LogP contribution in [0.2, 0.25) is 0 Å². The molecule has 164 valence electrons. The number of ether oxygens (including phenoxy) is 1. The Morgan fingerprint density at radius 3 is 2.39 bits per heavy atom. The quantitative estimate of drug-likeness (QED) is 0.532. The van der Waals surface area contributed by atoms with Crippen molar-refractivity contribution in [2.45, 2.75) is 30.8 Å². The van der Waals surface area contributed by atoms with Gasteiger partial charge in [-0.15, -0.1) is 0 Å². The molecule has 0 amide bonds. The Kier molecular flexibility index (Phi) is 6.14. The van der Waals surface area contributed by atoms with Gasteiger partial charge in [-0.3, -0.25) is 4.72 Å². The van der Waals surface area contributed by atoms with Crippen LogP contribution in [0.4, 0.5) is 11.4 Å². The molecule has 0 bridgehead atoms. The van der Waals surface area contributed by atoms with Gasteiger partial charge < -0.3 is 15.0 Å². The molecule has 8 heteroatoms. The van der Waals surface area contributed by atoms with Gasteiger partial charge in [0.15, 0.2) is 0 Å². The molecular formula is C23H26BrN3O3S. The van der Waals surface area contributed by atoms with Gasteiger partial charge in [-0.05, 0) is 49.6 Å². The SMILES string of the molecule is COc1ccc(N2C[C@@H](C)N[C@@H](C)C2)cc1NS(=O)(=O)c1ccc(Br)c2ccccc12. The van der Waals surface area contributed by atoms with E-state index in [1.807, 2.05) is 42.5 Å². The van der Waals surface area contributed by atoms with Crippen LogP contribution in [0.15, 0.2) is 64.0 Å². The van der Waals surface area contributed by atoms with Crippen LogP contribution >= 0.6 is 15.9 Å². The van der Waals surface area contributed by atoms with Crippen molar-refractivity contribution >= 4 is 48.1 Å². The van der Waals surface area contributed by atoms with Gasteiger partial charge in [0.05, 0.1) is 17.7 Å². The van der Waals surface area contributed by atoms with Crippen molar-refractivity contribution in [1.82, 2.24) is 5.32 Å². The van der Waals surface area contributed by atoms with Gasteiger partial charge in [0.2, 0.25) is 0 Å². The number of sulfonamides is 1. The highest BCUT2D eigenvalue weighted by molar-refractivity contribution is 9.10. The monoisotopic (exact) mass is 503 g/mol. The number of hydrogen-bond acceptors (Lipinski definition) is 5. The van der Waals surface area contributed by atoms with Crippen molar-refractivity contribution in [2.75, 3.05) is 29.8 Å². The lowest BCUT2D eigenvalue weighted by atomic mass is 10.1. The average Bonchev–Trinajstić information content (AvgIpc) is 2.73. The van der Waals surface area contributed by atoms with Gasteiger partial charge >= 0.3 is 0 Å². The maximum atomic E-state index is 13.4. The maximum absolute atomic E-state index is 13.4. The number of halogens is 1. The topological polar surface area (TPSA) is 70.7 Å². The van der Waals surface area contributed by atoms with Crippen LogP contribution in [0.25, 0.3) is 10.8 Å². The first kappa shape index (κ1) is 21.9. The Morgan fingerprint density at radius 2 is 1.71 bits per heavy atom. The summed E-state index contributed by atoms with van der Waals surface area (Å²) in [6, 6.07) is 17.1. The molecule has 6 nitrogen and oxygen atoms in total. The Hall–Kier alpha value is -2.29. The molecule has 1 heterocycles. The number of piperazine rings is 1. The molecule has 0 aliphatic carbocycles. The maximum Gasteiger partial charge on any atom is 0.262 e. The lowest BCUT2D eigenvalue weighted by molar-refractivity contribution is 0.406. The molecule has 2 N–H and O–H groups in total. The van der Waals surface area contributed by atoms with E-state index in [-0.39, 0.29) is 4.90 Å². The third kappa shape index (κ3) is 4.51. The van der Waals surface area contributed by atoms with E-state index in [1.165, 1.54) is 7.11 Å². The van der Waals surface area contributed by atoms with E-state index in [1.54, 1.807) is 12.1 Å². The fraction of sp³-hybridized carbons (Fsp3) is 0.304. The number of fused-ring (bicyclic) bond motifs is 1. The van der Waals surface area contributed by atoms with E-state index in [0.29, 0.717) is 28.9 Å². The first-order valence-corrected chi connectivity index (χ1v) is 12.4. The highest BCUT2D eigenvalue weighted by Gasteiger charge is 2.24. The second kappa shape index (κ2) is 8.68. The van der Waals surface area contributed by atoms with Crippen LogP contribution in [0.5, 0.6) is 5.75 Å². The number of benzene rings is 3. The van der Waals surface area contributed by atoms with Crippen LogP contribution in [0.1, 0.15) is 13.8 Å². The molecule has 3 aromatic rings. The minimum Gasteiger partial charge on any atom is -0.495 e. The molecule has 31 heavy (non-hydrogen) atoms. The number of nitrogens with zero attached hydrogens (tertiary/aromatic N) is 1. The summed E-state index contributed by atoms with van der Waals surface area (Å²) in [6.07, 6.45) is 0. The zero-order chi connectivity index (χ0) is 22.2. The van der Waals surface area contributed by atoms with Gasteiger partial charge in [-0.2, -0.15) is 0 Å². The van der Waals surface area contributed by atoms with Crippen LogP contribution in [-0.2, 0) is 10.0 Å². The highest BCUT2D eigenvalue weighted by atomic mass is 79.9. The molecule has 1 aliphatic rings. The van der Waals surface area contributed by atoms with Crippen molar-refractivity contribution in [2.24, 2.45) is 0 Å². The van der Waals surface area contributed by atoms with Gasteiger partial charge in [0.25, 0.3) is 10.0 Å². The summed E-state index contributed by atoms with van der Waals surface area (Å²) in [5, 5.41) is 5.01. The molecule has 0 unspecified atom stereocenters. The molecule has 0 spiro atoms. The second-order valence-electron chi connectivity index (χ2n) is 7.95. The standard InChI is InChI=1S/C23H26BrN3O3S/c1-15-13-27(14-16(2)25-15)17-8-10-22(30-3)21(12-17)26-31(28,29)23-11-9-20(24)18-6-4-5-7-19(18)23/h4-12,15-16,25-26H,13-14H2,1-3H3/t15-,16+. The molecule has 3 aromatic carbocycles. The largest absolute Gasteiger partial charge is 0.495 e. The predicted octanol–water partition coefficient (Wildman–Crippen LogP) is 4.60. The summed E-state index contributed by atoms with van der Waals surface area (Å²) < 4.78 is 35.8. The number of anilines is 2. The molecule has 1 fully saturated rings. The summed E-state index contributed by atoms with van der Waals surface area (Å²) >= 11 is 3.50. The van der Waals surface area contributed by atoms with Gasteiger partial charge in [-0.25, -0.2) is 8.42 Å².